The molecule has 1 atom stereocenters. The van der Waals surface area contributed by atoms with Crippen molar-refractivity contribution in [3.63, 3.8) is 0 Å². The quantitative estimate of drug-likeness (QED) is 0.182. The van der Waals surface area contributed by atoms with E-state index in [9.17, 15) is 0 Å². The number of hydrogen-bond acceptors (Lipinski definition) is 3. The van der Waals surface area contributed by atoms with Crippen LogP contribution in [0.25, 0.3) is 88.1 Å². The van der Waals surface area contributed by atoms with Crippen LogP contribution in [0.1, 0.15) is 28.3 Å². The van der Waals surface area contributed by atoms with Crippen LogP contribution in [0.2, 0.25) is 0 Å². The summed E-state index contributed by atoms with van der Waals surface area (Å²) in [7, 11) is 0. The summed E-state index contributed by atoms with van der Waals surface area (Å²) in [6.45, 7) is 4.53. The molecule has 3 aromatic heterocycles. The smallest absolute Gasteiger partial charge is 0.137 e. The van der Waals surface area contributed by atoms with Crippen LogP contribution in [0.5, 0.6) is 0 Å². The second-order valence-electron chi connectivity index (χ2n) is 14.7. The maximum absolute atomic E-state index is 6.71. The molecule has 1 unspecified atom stereocenters. The molecule has 0 spiro atoms. The Morgan fingerprint density at radius 2 is 1.11 bits per heavy atom. The lowest BCUT2D eigenvalue weighted by molar-refractivity contribution is 0.668. The lowest BCUT2D eigenvalue weighted by Gasteiger charge is -2.26. The molecule has 0 N–H and O–H groups in total. The molecule has 0 radical (unpaired) electrons. The molecule has 0 amide bonds. The summed E-state index contributed by atoms with van der Waals surface area (Å²) in [5, 5.41) is 6.79. The summed E-state index contributed by atoms with van der Waals surface area (Å²) in [5.41, 5.74) is 15.5. The topological polar surface area (TPSA) is 43.6 Å². The zero-order chi connectivity index (χ0) is 36.9. The molecule has 0 aliphatic carbocycles. The van der Waals surface area contributed by atoms with Crippen LogP contribution in [-0.2, 0) is 0 Å². The molecule has 0 saturated heterocycles. The van der Waals surface area contributed by atoms with Crippen molar-refractivity contribution in [3.05, 3.63) is 205 Å². The molecular weight excluding hydrogens is 685 g/mol. The Bertz CT molecular complexity index is 3450. The third-order valence-corrected chi connectivity index (χ3v) is 11.6. The molecule has 262 valence electrons. The predicted octanol–water partition coefficient (Wildman–Crippen LogP) is 13.9. The fourth-order valence-corrected chi connectivity index (χ4v) is 9.01. The molecule has 0 fully saturated rings. The summed E-state index contributed by atoms with van der Waals surface area (Å²) < 4.78 is 15.2. The van der Waals surface area contributed by atoms with Gasteiger partial charge in [0.1, 0.15) is 28.4 Å². The monoisotopic (exact) mass is 716 g/mol. The van der Waals surface area contributed by atoms with Crippen molar-refractivity contribution in [3.8, 4) is 16.8 Å². The van der Waals surface area contributed by atoms with Gasteiger partial charge in [0, 0.05) is 55.2 Å². The SMILES string of the molecule is C=C1c2ccccc2C(c2cccc3oc4cc(-n5c6ccccc6c6cc(-c7ccc8oc9ccccc9c8c7)ccc65)ccc4c23)=NC1c1ccccc1. The highest BCUT2D eigenvalue weighted by atomic mass is 16.3. The third-order valence-electron chi connectivity index (χ3n) is 11.6. The van der Waals surface area contributed by atoms with Gasteiger partial charge in [0.2, 0.25) is 0 Å². The average Bonchev–Trinajstić information content (AvgIpc) is 3.93. The Morgan fingerprint density at radius 3 is 2.00 bits per heavy atom. The summed E-state index contributed by atoms with van der Waals surface area (Å²) in [6.07, 6.45) is 0. The van der Waals surface area contributed by atoms with Crippen molar-refractivity contribution < 1.29 is 8.83 Å². The van der Waals surface area contributed by atoms with Gasteiger partial charge < -0.3 is 13.4 Å². The molecule has 12 rings (SSSR count). The van der Waals surface area contributed by atoms with E-state index in [1.807, 2.05) is 18.2 Å². The highest BCUT2D eigenvalue weighted by Gasteiger charge is 2.28. The Labute approximate surface area is 321 Å². The first kappa shape index (κ1) is 31.0. The first-order valence-electron chi connectivity index (χ1n) is 19.0. The number of hydrogen-bond donors (Lipinski definition) is 0. The maximum Gasteiger partial charge on any atom is 0.137 e. The van der Waals surface area contributed by atoms with Gasteiger partial charge in [-0.3, -0.25) is 4.99 Å². The van der Waals surface area contributed by atoms with Gasteiger partial charge in [-0.25, -0.2) is 0 Å². The molecule has 1 aliphatic heterocycles. The van der Waals surface area contributed by atoms with E-state index in [1.54, 1.807) is 0 Å². The molecule has 4 heterocycles. The summed E-state index contributed by atoms with van der Waals surface area (Å²) in [4.78, 5) is 5.43. The number of furan rings is 2. The van der Waals surface area contributed by atoms with Gasteiger partial charge in [0.15, 0.2) is 0 Å². The van der Waals surface area contributed by atoms with E-state index < -0.39 is 0 Å². The van der Waals surface area contributed by atoms with E-state index in [1.165, 1.54) is 10.8 Å². The molecule has 0 saturated carbocycles. The van der Waals surface area contributed by atoms with E-state index in [4.69, 9.17) is 13.8 Å². The normalized spacial score (nSPS) is 14.4. The molecular formula is C52H32N2O2. The van der Waals surface area contributed by atoms with Crippen LogP contribution in [0.4, 0.5) is 0 Å². The number of aliphatic imine (C=N–C) groups is 1. The largest absolute Gasteiger partial charge is 0.456 e. The van der Waals surface area contributed by atoms with E-state index >= 15 is 0 Å². The van der Waals surface area contributed by atoms with Crippen LogP contribution >= 0.6 is 0 Å². The lowest BCUT2D eigenvalue weighted by atomic mass is 9.84. The Kier molecular flexibility index (Phi) is 6.52. The summed E-state index contributed by atoms with van der Waals surface area (Å²) >= 11 is 0. The molecule has 1 aliphatic rings. The van der Waals surface area contributed by atoms with Gasteiger partial charge in [-0.15, -0.1) is 0 Å². The average molecular weight is 717 g/mol. The standard InChI is InChI=1S/C52H32N2O2/c1-31-36-14-5-6-17-39(36)52(53-51(31)32-12-3-2-4-13-32)41-18-11-21-48-50(41)40-25-24-35(30-49(40)56-48)54-44-19-9-7-15-37(44)42-28-33(22-26-45(42)54)34-23-27-47-43(29-34)38-16-8-10-20-46(38)55-47/h2-30,51H,1H2. The van der Waals surface area contributed by atoms with Crippen molar-refractivity contribution >= 4 is 77.0 Å². The van der Waals surface area contributed by atoms with Crippen molar-refractivity contribution in [1.29, 1.82) is 0 Å². The molecule has 4 heteroatoms. The molecule has 11 aromatic rings. The van der Waals surface area contributed by atoms with E-state index in [2.05, 4.69) is 169 Å². The van der Waals surface area contributed by atoms with Crippen molar-refractivity contribution in [2.24, 2.45) is 4.99 Å². The molecule has 56 heavy (non-hydrogen) atoms. The number of para-hydroxylation sites is 2. The van der Waals surface area contributed by atoms with Gasteiger partial charge >= 0.3 is 0 Å². The van der Waals surface area contributed by atoms with Crippen LogP contribution < -0.4 is 0 Å². The first-order valence-corrected chi connectivity index (χ1v) is 19.0. The Hall–Kier alpha value is -7.43. The lowest BCUT2D eigenvalue weighted by Crippen LogP contribution is -2.16. The van der Waals surface area contributed by atoms with E-state index in [0.29, 0.717) is 0 Å². The minimum atomic E-state index is -0.176. The second-order valence-corrected chi connectivity index (χ2v) is 14.7. The summed E-state index contributed by atoms with van der Waals surface area (Å²) in [5.74, 6) is 0. The second kappa shape index (κ2) is 11.8. The van der Waals surface area contributed by atoms with Crippen LogP contribution in [-0.4, -0.2) is 10.3 Å². The van der Waals surface area contributed by atoms with E-state index in [-0.39, 0.29) is 6.04 Å². The maximum atomic E-state index is 6.71. The first-order chi connectivity index (χ1) is 27.7. The van der Waals surface area contributed by atoms with Crippen molar-refractivity contribution in [2.75, 3.05) is 0 Å². The third kappa shape index (κ3) is 4.50. The number of benzene rings is 8. The highest BCUT2D eigenvalue weighted by molar-refractivity contribution is 6.26. The zero-order valence-corrected chi connectivity index (χ0v) is 30.2. The minimum absolute atomic E-state index is 0.176. The Balaban J connectivity index is 1.01. The van der Waals surface area contributed by atoms with Gasteiger partial charge in [0.25, 0.3) is 0 Å². The van der Waals surface area contributed by atoms with Crippen LogP contribution in [0.3, 0.4) is 0 Å². The number of rotatable bonds is 4. The Morgan fingerprint density at radius 1 is 0.446 bits per heavy atom. The van der Waals surface area contributed by atoms with Crippen LogP contribution in [0, 0.1) is 0 Å². The van der Waals surface area contributed by atoms with Gasteiger partial charge in [-0.05, 0) is 82.4 Å². The zero-order valence-electron chi connectivity index (χ0n) is 30.2. The molecule has 4 nitrogen and oxygen atoms in total. The fourth-order valence-electron chi connectivity index (χ4n) is 9.01. The van der Waals surface area contributed by atoms with Gasteiger partial charge in [-0.1, -0.05) is 122 Å². The van der Waals surface area contributed by atoms with Gasteiger partial charge in [-0.2, -0.15) is 0 Å². The number of fused-ring (bicyclic) bond motifs is 10. The molecule has 0 bridgehead atoms. The fraction of sp³-hybridized carbons (Fsp3) is 0.0192. The van der Waals surface area contributed by atoms with Crippen LogP contribution in [0.15, 0.2) is 196 Å². The van der Waals surface area contributed by atoms with Crippen molar-refractivity contribution in [2.45, 2.75) is 6.04 Å². The number of nitrogens with zero attached hydrogens (tertiary/aromatic N) is 2. The summed E-state index contributed by atoms with van der Waals surface area (Å²) in [6, 6.07) is 61.9. The van der Waals surface area contributed by atoms with Gasteiger partial charge in [0.05, 0.1) is 16.7 Å². The minimum Gasteiger partial charge on any atom is -0.456 e. The molecule has 8 aromatic carbocycles. The number of aromatic nitrogens is 1. The van der Waals surface area contributed by atoms with E-state index in [0.717, 1.165) is 105 Å². The predicted molar refractivity (Wildman–Crippen MR) is 231 cm³/mol. The van der Waals surface area contributed by atoms with Crippen molar-refractivity contribution in [1.82, 2.24) is 4.57 Å². The highest BCUT2D eigenvalue weighted by Crippen LogP contribution is 2.43.